The minimum Gasteiger partial charge on any atom is -0.493 e. The number of rotatable bonds is 4. The number of nitrogens with two attached hydrogens (primary N) is 1. The van der Waals surface area contributed by atoms with Gasteiger partial charge in [-0.1, -0.05) is 25.1 Å². The Labute approximate surface area is 117 Å². The molecule has 2 aromatic rings. The third-order valence-electron chi connectivity index (χ3n) is 3.65. The summed E-state index contributed by atoms with van der Waals surface area (Å²) in [6.07, 6.45) is 2.01. The first-order valence-electron chi connectivity index (χ1n) is 6.62. The quantitative estimate of drug-likeness (QED) is 0.666. The zero-order valence-corrected chi connectivity index (χ0v) is 11.8. The monoisotopic (exact) mass is 274 g/mol. The molecule has 0 amide bonds. The highest BCUT2D eigenvalue weighted by Crippen LogP contribution is 2.38. The molecule has 0 bridgehead atoms. The second kappa shape index (κ2) is 5.33. The molecule has 1 aliphatic heterocycles. The Balaban J connectivity index is 2.06. The summed E-state index contributed by atoms with van der Waals surface area (Å²) in [5.74, 6) is 6.83. The number of benzene rings is 1. The van der Waals surface area contributed by atoms with Crippen LogP contribution < -0.4 is 16.0 Å². The van der Waals surface area contributed by atoms with Crippen LogP contribution in [0, 0.1) is 0 Å². The molecule has 1 aromatic heterocycles. The average Bonchev–Trinajstić information content (AvgIpc) is 3.08. The van der Waals surface area contributed by atoms with Gasteiger partial charge >= 0.3 is 0 Å². The molecule has 1 aromatic carbocycles. The van der Waals surface area contributed by atoms with Crippen LogP contribution in [0.2, 0.25) is 0 Å². The highest BCUT2D eigenvalue weighted by molar-refractivity contribution is 7.10. The Hall–Kier alpha value is -1.36. The van der Waals surface area contributed by atoms with Gasteiger partial charge in [0.1, 0.15) is 5.75 Å². The van der Waals surface area contributed by atoms with E-state index < -0.39 is 0 Å². The van der Waals surface area contributed by atoms with Crippen LogP contribution in [-0.2, 0) is 12.8 Å². The molecule has 0 aliphatic carbocycles. The summed E-state index contributed by atoms with van der Waals surface area (Å²) in [6.45, 7) is 2.94. The van der Waals surface area contributed by atoms with Crippen molar-refractivity contribution in [2.45, 2.75) is 25.8 Å². The third kappa shape index (κ3) is 2.16. The molecular formula is C15H18N2OS. The van der Waals surface area contributed by atoms with Crippen molar-refractivity contribution in [1.82, 2.24) is 5.43 Å². The van der Waals surface area contributed by atoms with Crippen molar-refractivity contribution in [2.24, 2.45) is 5.84 Å². The number of hydrogen-bond acceptors (Lipinski definition) is 4. The maximum absolute atomic E-state index is 5.81. The average molecular weight is 274 g/mol. The van der Waals surface area contributed by atoms with E-state index in [9.17, 15) is 0 Å². The van der Waals surface area contributed by atoms with Crippen molar-refractivity contribution in [3.05, 3.63) is 51.2 Å². The van der Waals surface area contributed by atoms with Crippen molar-refractivity contribution in [3.63, 3.8) is 0 Å². The van der Waals surface area contributed by atoms with Crippen LogP contribution in [0.4, 0.5) is 0 Å². The van der Waals surface area contributed by atoms with Crippen LogP contribution in [0.5, 0.6) is 5.75 Å². The second-order valence-corrected chi connectivity index (χ2v) is 5.64. The van der Waals surface area contributed by atoms with Crippen LogP contribution in [0.1, 0.15) is 34.5 Å². The van der Waals surface area contributed by atoms with Gasteiger partial charge in [0.05, 0.1) is 12.6 Å². The van der Waals surface area contributed by atoms with E-state index in [2.05, 4.69) is 42.0 Å². The minimum atomic E-state index is 0.0167. The van der Waals surface area contributed by atoms with Crippen LogP contribution in [-0.4, -0.2) is 6.61 Å². The summed E-state index contributed by atoms with van der Waals surface area (Å²) in [6, 6.07) is 8.52. The molecule has 0 spiro atoms. The summed E-state index contributed by atoms with van der Waals surface area (Å²) in [4.78, 5) is 1.29. The molecule has 19 heavy (non-hydrogen) atoms. The maximum atomic E-state index is 5.81. The lowest BCUT2D eigenvalue weighted by molar-refractivity contribution is 0.350. The highest BCUT2D eigenvalue weighted by Gasteiger charge is 2.24. The van der Waals surface area contributed by atoms with Gasteiger partial charge in [0.2, 0.25) is 0 Å². The zero-order chi connectivity index (χ0) is 13.2. The van der Waals surface area contributed by atoms with Gasteiger partial charge < -0.3 is 4.74 Å². The normalized spacial score (nSPS) is 15.1. The number of aryl methyl sites for hydroxylation is 1. The summed E-state index contributed by atoms with van der Waals surface area (Å²) >= 11 is 1.75. The van der Waals surface area contributed by atoms with E-state index in [4.69, 9.17) is 10.6 Å². The van der Waals surface area contributed by atoms with Crippen molar-refractivity contribution >= 4 is 11.3 Å². The lowest BCUT2D eigenvalue weighted by Crippen LogP contribution is -2.29. The Morgan fingerprint density at radius 3 is 3.11 bits per heavy atom. The molecule has 3 rings (SSSR count). The summed E-state index contributed by atoms with van der Waals surface area (Å²) in [5.41, 5.74) is 6.74. The predicted molar refractivity (Wildman–Crippen MR) is 78.5 cm³/mol. The first-order valence-corrected chi connectivity index (χ1v) is 7.50. The van der Waals surface area contributed by atoms with E-state index in [1.54, 1.807) is 11.3 Å². The minimum absolute atomic E-state index is 0.0167. The van der Waals surface area contributed by atoms with Crippen molar-refractivity contribution in [3.8, 4) is 5.75 Å². The highest BCUT2D eigenvalue weighted by atomic mass is 32.1. The van der Waals surface area contributed by atoms with Crippen LogP contribution in [0.15, 0.2) is 29.6 Å². The van der Waals surface area contributed by atoms with Gasteiger partial charge in [-0.3, -0.25) is 5.84 Å². The van der Waals surface area contributed by atoms with E-state index >= 15 is 0 Å². The summed E-state index contributed by atoms with van der Waals surface area (Å²) in [5, 5.41) is 2.13. The smallest absolute Gasteiger partial charge is 0.127 e. The van der Waals surface area contributed by atoms with Gasteiger partial charge in [-0.05, 0) is 29.0 Å². The first-order chi connectivity index (χ1) is 9.35. The molecule has 1 atom stereocenters. The Kier molecular flexibility index (Phi) is 3.55. The molecule has 100 valence electrons. The first kappa shape index (κ1) is 12.7. The fraction of sp³-hybridized carbons (Fsp3) is 0.333. The third-order valence-corrected chi connectivity index (χ3v) is 4.67. The lowest BCUT2D eigenvalue weighted by atomic mass is 9.98. The Bertz CT molecular complexity index is 579. The fourth-order valence-corrected chi connectivity index (χ4v) is 3.74. The van der Waals surface area contributed by atoms with Gasteiger partial charge in [-0.15, -0.1) is 11.3 Å². The van der Waals surface area contributed by atoms with Crippen molar-refractivity contribution in [1.29, 1.82) is 0 Å². The number of fused-ring (bicyclic) bond motifs is 1. The van der Waals surface area contributed by atoms with Gasteiger partial charge in [-0.25, -0.2) is 5.43 Å². The number of nitrogens with one attached hydrogen (secondary N) is 1. The molecule has 0 saturated heterocycles. The Morgan fingerprint density at radius 2 is 2.32 bits per heavy atom. The lowest BCUT2D eigenvalue weighted by Gasteiger charge is -2.19. The molecule has 3 N–H and O–H groups in total. The number of ether oxygens (including phenoxy) is 1. The van der Waals surface area contributed by atoms with Gasteiger partial charge in [0.15, 0.2) is 0 Å². The van der Waals surface area contributed by atoms with Crippen LogP contribution in [0.25, 0.3) is 0 Å². The van der Waals surface area contributed by atoms with Gasteiger partial charge in [0, 0.05) is 16.9 Å². The van der Waals surface area contributed by atoms with Gasteiger partial charge in [-0.2, -0.15) is 0 Å². The standard InChI is InChI=1S/C15H18N2OS/c1-2-10-7-9-19-15(10)13(17-16)12-5-3-4-11-6-8-18-14(11)12/h3-5,7,9,13,17H,2,6,8,16H2,1H3. The van der Waals surface area contributed by atoms with Crippen molar-refractivity contribution < 1.29 is 4.74 Å². The summed E-state index contributed by atoms with van der Waals surface area (Å²) in [7, 11) is 0. The molecule has 4 heteroatoms. The molecule has 0 saturated carbocycles. The Morgan fingerprint density at radius 1 is 1.42 bits per heavy atom. The van der Waals surface area contributed by atoms with Crippen LogP contribution in [0.3, 0.4) is 0 Å². The van der Waals surface area contributed by atoms with Gasteiger partial charge in [0.25, 0.3) is 0 Å². The second-order valence-electron chi connectivity index (χ2n) is 4.70. The molecular weight excluding hydrogens is 256 g/mol. The molecule has 0 fully saturated rings. The SMILES string of the molecule is CCc1ccsc1C(NN)c1cccc2c1OCC2. The van der Waals surface area contributed by atoms with Crippen LogP contribution >= 0.6 is 11.3 Å². The van der Waals surface area contributed by atoms with E-state index in [0.717, 1.165) is 30.8 Å². The maximum Gasteiger partial charge on any atom is 0.127 e. The fourth-order valence-electron chi connectivity index (χ4n) is 2.67. The zero-order valence-electron chi connectivity index (χ0n) is 11.0. The number of para-hydroxylation sites is 1. The van der Waals surface area contributed by atoms with E-state index in [0.29, 0.717) is 0 Å². The van der Waals surface area contributed by atoms with Crippen molar-refractivity contribution in [2.75, 3.05) is 6.61 Å². The number of thiophene rings is 1. The number of hydrazine groups is 1. The van der Waals surface area contributed by atoms with E-state index in [1.807, 2.05) is 0 Å². The molecule has 1 unspecified atom stereocenters. The molecule has 3 nitrogen and oxygen atoms in total. The summed E-state index contributed by atoms with van der Waals surface area (Å²) < 4.78 is 5.79. The van der Waals surface area contributed by atoms with E-state index in [1.165, 1.54) is 16.0 Å². The molecule has 2 heterocycles. The largest absolute Gasteiger partial charge is 0.493 e. The topological polar surface area (TPSA) is 47.3 Å². The number of hydrogen-bond donors (Lipinski definition) is 2. The predicted octanol–water partition coefficient (Wildman–Crippen LogP) is 2.80. The molecule has 0 radical (unpaired) electrons. The van der Waals surface area contributed by atoms with E-state index in [-0.39, 0.29) is 6.04 Å². The molecule has 1 aliphatic rings.